The smallest absolute Gasteiger partial charge is 0.338 e. The summed E-state index contributed by atoms with van der Waals surface area (Å²) in [5.74, 6) is -0.636. The first-order valence-electron chi connectivity index (χ1n) is 8.95. The molecule has 0 bridgehead atoms. The van der Waals surface area contributed by atoms with Gasteiger partial charge in [-0.2, -0.15) is 8.42 Å². The average Bonchev–Trinajstić information content (AvgIpc) is 2.70. The number of carbonyl (C=O) groups excluding carboxylic acids is 1. The Morgan fingerprint density at radius 3 is 2.45 bits per heavy atom. The van der Waals surface area contributed by atoms with E-state index in [0.29, 0.717) is 5.56 Å². The number of esters is 1. The van der Waals surface area contributed by atoms with Crippen LogP contribution in [0, 0.1) is 6.92 Å². The molecule has 0 unspecified atom stereocenters. The van der Waals surface area contributed by atoms with E-state index in [1.807, 2.05) is 6.92 Å². The highest BCUT2D eigenvalue weighted by Gasteiger charge is 2.43. The van der Waals surface area contributed by atoms with Gasteiger partial charge in [-0.1, -0.05) is 51.8 Å². The zero-order chi connectivity index (χ0) is 21.0. The normalized spacial score (nSPS) is 24.8. The largest absolute Gasteiger partial charge is 0.453 e. The molecule has 7 nitrogen and oxygen atoms in total. The Hall–Kier alpha value is -1.78. The second-order valence-electron chi connectivity index (χ2n) is 6.66. The molecule has 1 aliphatic rings. The molecule has 0 aromatic heterocycles. The third-order valence-corrected chi connectivity index (χ3v) is 6.45. The molecule has 1 aliphatic heterocycles. The Morgan fingerprint density at radius 1 is 1.17 bits per heavy atom. The van der Waals surface area contributed by atoms with Gasteiger partial charge in [-0.15, -0.1) is 0 Å². The van der Waals surface area contributed by atoms with Gasteiger partial charge in [-0.25, -0.2) is 4.79 Å². The highest BCUT2D eigenvalue weighted by Crippen LogP contribution is 2.29. The van der Waals surface area contributed by atoms with Crippen molar-refractivity contribution >= 4 is 32.0 Å². The maximum absolute atomic E-state index is 12.7. The molecule has 3 rings (SSSR count). The van der Waals surface area contributed by atoms with E-state index in [4.69, 9.17) is 13.7 Å². The monoisotopic (exact) mass is 484 g/mol. The number of hydrogen-bond donors (Lipinski definition) is 1. The van der Waals surface area contributed by atoms with Crippen molar-refractivity contribution in [2.75, 3.05) is 5.33 Å². The van der Waals surface area contributed by atoms with Crippen molar-refractivity contribution in [2.45, 2.75) is 42.8 Å². The van der Waals surface area contributed by atoms with E-state index >= 15 is 0 Å². The van der Waals surface area contributed by atoms with E-state index < -0.39 is 40.7 Å². The average molecular weight is 485 g/mol. The van der Waals surface area contributed by atoms with Gasteiger partial charge in [0, 0.05) is 11.8 Å². The lowest BCUT2D eigenvalue weighted by atomic mass is 10.0. The van der Waals surface area contributed by atoms with E-state index in [1.165, 1.54) is 12.1 Å². The van der Waals surface area contributed by atoms with Crippen LogP contribution in [0.3, 0.4) is 0 Å². The second-order valence-corrected chi connectivity index (χ2v) is 8.88. The van der Waals surface area contributed by atoms with Crippen molar-refractivity contribution < 1.29 is 32.0 Å². The van der Waals surface area contributed by atoms with Crippen LogP contribution in [0.2, 0.25) is 0 Å². The van der Waals surface area contributed by atoms with Crippen LogP contribution in [0.1, 0.15) is 22.3 Å². The number of carbonyl (C=O) groups is 1. The highest BCUT2D eigenvalue weighted by molar-refractivity contribution is 9.09. The van der Waals surface area contributed by atoms with E-state index in [1.54, 1.807) is 42.5 Å². The zero-order valence-corrected chi connectivity index (χ0v) is 18.0. The molecule has 0 saturated carbocycles. The standard InChI is InChI=1S/C20H21BrO7S/c1-13-7-9-15(10-8-13)29(24,25)28-16-11-18(22)26-17(12-21)19(16)27-20(23)14-5-3-2-4-6-14/h2-10,16-19,22H,11-12H2,1H3/t16-,17-,18+,19+/m0/s1. The molecule has 0 amide bonds. The molecule has 4 atom stereocenters. The maximum atomic E-state index is 12.7. The number of alkyl halides is 1. The molecule has 1 fully saturated rings. The molecule has 2 aromatic carbocycles. The molecular weight excluding hydrogens is 464 g/mol. The molecule has 2 aromatic rings. The zero-order valence-electron chi connectivity index (χ0n) is 15.6. The number of rotatable bonds is 6. The second kappa shape index (κ2) is 9.36. The number of aliphatic hydroxyl groups excluding tert-OH is 1. The Labute approximate surface area is 177 Å². The van der Waals surface area contributed by atoms with E-state index in [-0.39, 0.29) is 16.6 Å². The lowest BCUT2D eigenvalue weighted by molar-refractivity contribution is -0.219. The topological polar surface area (TPSA) is 99.1 Å². The van der Waals surface area contributed by atoms with Gasteiger partial charge in [0.25, 0.3) is 10.1 Å². The van der Waals surface area contributed by atoms with Gasteiger partial charge in [0.05, 0.1) is 10.5 Å². The summed E-state index contributed by atoms with van der Waals surface area (Å²) in [4.78, 5) is 12.5. The van der Waals surface area contributed by atoms with Crippen LogP contribution >= 0.6 is 15.9 Å². The quantitative estimate of drug-likeness (QED) is 0.382. The molecule has 9 heteroatoms. The fourth-order valence-electron chi connectivity index (χ4n) is 2.97. The minimum absolute atomic E-state index is 0.0207. The fraction of sp³-hybridized carbons (Fsp3) is 0.350. The maximum Gasteiger partial charge on any atom is 0.338 e. The first-order valence-corrected chi connectivity index (χ1v) is 11.5. The highest BCUT2D eigenvalue weighted by atomic mass is 79.9. The summed E-state index contributed by atoms with van der Waals surface area (Å²) in [5.41, 5.74) is 1.21. The van der Waals surface area contributed by atoms with E-state index in [0.717, 1.165) is 5.56 Å². The predicted octanol–water partition coefficient (Wildman–Crippen LogP) is 2.80. The van der Waals surface area contributed by atoms with Crippen molar-refractivity contribution in [1.29, 1.82) is 0 Å². The van der Waals surface area contributed by atoms with E-state index in [9.17, 15) is 18.3 Å². The number of ether oxygens (including phenoxy) is 2. The van der Waals surface area contributed by atoms with Crippen molar-refractivity contribution in [3.63, 3.8) is 0 Å². The molecule has 0 radical (unpaired) electrons. The number of hydrogen-bond acceptors (Lipinski definition) is 7. The van der Waals surface area contributed by atoms with Crippen LogP contribution in [-0.2, 0) is 23.8 Å². The van der Waals surface area contributed by atoms with Crippen LogP contribution in [0.4, 0.5) is 0 Å². The van der Waals surface area contributed by atoms with Gasteiger partial charge in [0.1, 0.15) is 12.2 Å². The van der Waals surface area contributed by atoms with Crippen molar-refractivity contribution in [2.24, 2.45) is 0 Å². The molecule has 0 aliphatic carbocycles. The third-order valence-electron chi connectivity index (χ3n) is 4.46. The molecule has 1 N–H and O–H groups in total. The molecule has 1 saturated heterocycles. The molecule has 0 spiro atoms. The lowest BCUT2D eigenvalue weighted by Gasteiger charge is -2.38. The van der Waals surface area contributed by atoms with Crippen LogP contribution in [0.15, 0.2) is 59.5 Å². The van der Waals surface area contributed by atoms with Crippen molar-refractivity contribution in [3.8, 4) is 0 Å². The van der Waals surface area contributed by atoms with Crippen molar-refractivity contribution in [1.82, 2.24) is 0 Å². The molecular formula is C20H21BrO7S. The fourth-order valence-corrected chi connectivity index (χ4v) is 4.58. The summed E-state index contributed by atoms with van der Waals surface area (Å²) in [6.07, 6.45) is -4.35. The number of aryl methyl sites for hydroxylation is 1. The minimum atomic E-state index is -4.14. The summed E-state index contributed by atoms with van der Waals surface area (Å²) in [7, 11) is -4.14. The summed E-state index contributed by atoms with van der Waals surface area (Å²) in [6.45, 7) is 1.84. The van der Waals surface area contributed by atoms with Crippen LogP contribution in [-0.4, -0.2) is 49.4 Å². The number of benzene rings is 2. The summed E-state index contributed by atoms with van der Waals surface area (Å²) < 4.78 is 41.8. The van der Waals surface area contributed by atoms with Gasteiger partial charge in [0.2, 0.25) is 0 Å². The van der Waals surface area contributed by atoms with Gasteiger partial charge in [-0.05, 0) is 31.2 Å². The Morgan fingerprint density at radius 2 is 1.83 bits per heavy atom. The van der Waals surface area contributed by atoms with Crippen molar-refractivity contribution in [3.05, 3.63) is 65.7 Å². The minimum Gasteiger partial charge on any atom is -0.453 e. The first kappa shape index (κ1) is 21.9. The van der Waals surface area contributed by atoms with Crippen LogP contribution in [0.5, 0.6) is 0 Å². The third kappa shape index (κ3) is 5.43. The molecule has 1 heterocycles. The van der Waals surface area contributed by atoms with Gasteiger partial charge >= 0.3 is 5.97 Å². The summed E-state index contributed by atoms with van der Waals surface area (Å²) >= 11 is 3.25. The molecule has 156 valence electrons. The van der Waals surface area contributed by atoms with E-state index in [2.05, 4.69) is 15.9 Å². The summed E-state index contributed by atoms with van der Waals surface area (Å²) in [5, 5.41) is 10.2. The predicted molar refractivity (Wildman–Crippen MR) is 108 cm³/mol. The lowest BCUT2D eigenvalue weighted by Crippen LogP contribution is -2.52. The first-order chi connectivity index (χ1) is 13.8. The van der Waals surface area contributed by atoms with Crippen LogP contribution < -0.4 is 0 Å². The summed E-state index contributed by atoms with van der Waals surface area (Å²) in [6, 6.07) is 14.5. The van der Waals surface area contributed by atoms with Gasteiger partial charge in [0.15, 0.2) is 12.4 Å². The SMILES string of the molecule is Cc1ccc(S(=O)(=O)O[C@H]2C[C@H](O)O[C@@H](CBr)[C@@H]2OC(=O)c2ccccc2)cc1. The van der Waals surface area contributed by atoms with Gasteiger partial charge < -0.3 is 14.6 Å². The van der Waals surface area contributed by atoms with Gasteiger partial charge in [-0.3, -0.25) is 4.18 Å². The number of aliphatic hydroxyl groups is 1. The Kier molecular flexibility index (Phi) is 7.07. The number of halogens is 1. The Bertz CT molecular complexity index is 931. The van der Waals surface area contributed by atoms with Crippen LogP contribution in [0.25, 0.3) is 0 Å². The molecule has 29 heavy (non-hydrogen) atoms. The Balaban J connectivity index is 1.84.